The first-order valence-electron chi connectivity index (χ1n) is 6.02. The molecule has 1 unspecified atom stereocenters. The molecule has 0 aliphatic rings. The minimum absolute atomic E-state index is 0.142. The number of halogens is 3. The lowest BCUT2D eigenvalue weighted by Crippen LogP contribution is -2.56. The molecule has 1 atom stereocenters. The van der Waals surface area contributed by atoms with Crippen molar-refractivity contribution in [3.05, 3.63) is 22.4 Å². The summed E-state index contributed by atoms with van der Waals surface area (Å²) in [6.45, 7) is 6.11. The second-order valence-electron chi connectivity index (χ2n) is 5.09. The maximum atomic E-state index is 13.6. The zero-order chi connectivity index (χ0) is 15.6. The maximum absolute atomic E-state index is 13.6. The predicted octanol–water partition coefficient (Wildman–Crippen LogP) is 3.92. The monoisotopic (exact) mass is 326 g/mol. The quantitative estimate of drug-likeness (QED) is 0.608. The lowest BCUT2D eigenvalue weighted by molar-refractivity contribution is -0.260. The summed E-state index contributed by atoms with van der Waals surface area (Å²) in [5.74, 6) is -1.41. The highest BCUT2D eigenvalue weighted by atomic mass is 32.1. The maximum Gasteiger partial charge on any atom is 0.432 e. The van der Waals surface area contributed by atoms with Gasteiger partial charge in [-0.15, -0.1) is 11.3 Å². The van der Waals surface area contributed by atoms with Crippen molar-refractivity contribution < 1.29 is 27.1 Å². The summed E-state index contributed by atoms with van der Waals surface area (Å²) in [5, 5.41) is 1.47. The van der Waals surface area contributed by atoms with Gasteiger partial charge in [-0.05, 0) is 38.0 Å². The molecule has 1 aromatic rings. The fraction of sp³-hybridized carbons (Fsp3) is 0.583. The van der Waals surface area contributed by atoms with E-state index in [1.165, 1.54) is 24.4 Å². The van der Waals surface area contributed by atoms with Crippen molar-refractivity contribution in [2.45, 2.75) is 38.3 Å². The summed E-state index contributed by atoms with van der Waals surface area (Å²) < 4.78 is 50.9. The van der Waals surface area contributed by atoms with Crippen LogP contribution in [0, 0.1) is 0 Å². The number of alkyl halides is 3. The molecule has 0 radical (unpaired) electrons. The zero-order valence-corrected chi connectivity index (χ0v) is 13.5. The smallest absolute Gasteiger partial charge is 0.432 e. The lowest BCUT2D eigenvalue weighted by Gasteiger charge is -2.37. The van der Waals surface area contributed by atoms with Gasteiger partial charge in [0.05, 0.1) is 11.5 Å². The van der Waals surface area contributed by atoms with Crippen LogP contribution in [0.25, 0.3) is 0 Å². The van der Waals surface area contributed by atoms with E-state index in [1.807, 2.05) is 0 Å². The van der Waals surface area contributed by atoms with Crippen molar-refractivity contribution in [1.29, 1.82) is 0 Å². The Bertz CT molecular complexity index is 454. The Morgan fingerprint density at radius 3 is 2.30 bits per heavy atom. The van der Waals surface area contributed by atoms with E-state index in [4.69, 9.17) is 4.43 Å². The van der Waals surface area contributed by atoms with Crippen molar-refractivity contribution in [1.82, 2.24) is 0 Å². The molecule has 0 aliphatic heterocycles. The number of esters is 1. The molecule has 114 valence electrons. The van der Waals surface area contributed by atoms with Crippen LogP contribution in [0.5, 0.6) is 0 Å². The highest BCUT2D eigenvalue weighted by Gasteiger charge is 2.66. The van der Waals surface area contributed by atoms with Crippen LogP contribution in [-0.4, -0.2) is 27.1 Å². The van der Waals surface area contributed by atoms with Crippen molar-refractivity contribution in [3.8, 4) is 0 Å². The summed E-state index contributed by atoms with van der Waals surface area (Å²) in [6.07, 6.45) is -4.88. The SMILES string of the molecule is CCOC(=O)C(O[Si](C)(C)C)(c1cccs1)C(F)(F)F. The van der Waals surface area contributed by atoms with Gasteiger partial charge in [-0.3, -0.25) is 0 Å². The van der Waals surface area contributed by atoms with Crippen LogP contribution in [0.15, 0.2) is 17.5 Å². The molecule has 0 amide bonds. The van der Waals surface area contributed by atoms with Crippen molar-refractivity contribution in [2.24, 2.45) is 0 Å². The van der Waals surface area contributed by atoms with E-state index >= 15 is 0 Å². The third-order valence-electron chi connectivity index (χ3n) is 2.29. The van der Waals surface area contributed by atoms with Gasteiger partial charge in [-0.25, -0.2) is 4.79 Å². The van der Waals surface area contributed by atoms with E-state index in [0.29, 0.717) is 0 Å². The van der Waals surface area contributed by atoms with Gasteiger partial charge in [-0.2, -0.15) is 13.2 Å². The van der Waals surface area contributed by atoms with Crippen LogP contribution in [0.1, 0.15) is 11.8 Å². The highest BCUT2D eigenvalue weighted by molar-refractivity contribution is 7.10. The molecule has 0 fully saturated rings. The molecule has 20 heavy (non-hydrogen) atoms. The molecule has 0 N–H and O–H groups in total. The normalized spacial score (nSPS) is 15.8. The van der Waals surface area contributed by atoms with Gasteiger partial charge in [-0.1, -0.05) is 6.07 Å². The van der Waals surface area contributed by atoms with E-state index in [-0.39, 0.29) is 11.5 Å². The van der Waals surface area contributed by atoms with Crippen LogP contribution in [0.3, 0.4) is 0 Å². The molecule has 1 rings (SSSR count). The topological polar surface area (TPSA) is 35.5 Å². The first-order valence-corrected chi connectivity index (χ1v) is 10.3. The van der Waals surface area contributed by atoms with Gasteiger partial charge in [0, 0.05) is 0 Å². The molecule has 3 nitrogen and oxygen atoms in total. The molecular weight excluding hydrogens is 309 g/mol. The first kappa shape index (κ1) is 17.2. The molecule has 1 heterocycles. The number of thiophene rings is 1. The van der Waals surface area contributed by atoms with Crippen molar-refractivity contribution in [3.63, 3.8) is 0 Å². The van der Waals surface area contributed by atoms with Crippen LogP contribution in [0.2, 0.25) is 19.6 Å². The van der Waals surface area contributed by atoms with Crippen molar-refractivity contribution in [2.75, 3.05) is 6.61 Å². The molecule has 1 aromatic heterocycles. The summed E-state index contributed by atoms with van der Waals surface area (Å²) in [7, 11) is -2.66. The van der Waals surface area contributed by atoms with Gasteiger partial charge < -0.3 is 9.16 Å². The molecule has 0 saturated carbocycles. The number of hydrogen-bond donors (Lipinski definition) is 0. The van der Waals surface area contributed by atoms with Crippen LogP contribution >= 0.6 is 11.3 Å². The lowest BCUT2D eigenvalue weighted by atomic mass is 10.0. The Morgan fingerprint density at radius 1 is 1.35 bits per heavy atom. The van der Waals surface area contributed by atoms with E-state index in [1.54, 1.807) is 19.6 Å². The van der Waals surface area contributed by atoms with Crippen LogP contribution in [0.4, 0.5) is 13.2 Å². The standard InChI is InChI=1S/C12H17F3O3SSi/c1-5-17-10(16)11(12(13,14)15,18-20(2,3)4)9-7-6-8-19-9/h6-8H,5H2,1-4H3. The summed E-state index contributed by atoms with van der Waals surface area (Å²) >= 11 is 0.828. The van der Waals surface area contributed by atoms with E-state index in [9.17, 15) is 18.0 Å². The summed E-state index contributed by atoms with van der Waals surface area (Å²) in [6, 6.07) is 2.70. The summed E-state index contributed by atoms with van der Waals surface area (Å²) in [5.41, 5.74) is -3.03. The molecule has 0 bridgehead atoms. The number of carbonyl (C=O) groups is 1. The molecule has 0 aromatic carbocycles. The summed E-state index contributed by atoms with van der Waals surface area (Å²) in [4.78, 5) is 11.8. The molecule has 8 heteroatoms. The minimum atomic E-state index is -4.88. The van der Waals surface area contributed by atoms with Crippen LogP contribution in [-0.2, 0) is 19.6 Å². The van der Waals surface area contributed by atoms with Gasteiger partial charge in [0.15, 0.2) is 8.32 Å². The van der Waals surface area contributed by atoms with E-state index in [0.717, 1.165) is 11.3 Å². The van der Waals surface area contributed by atoms with Crippen LogP contribution < -0.4 is 0 Å². The van der Waals surface area contributed by atoms with Gasteiger partial charge >= 0.3 is 12.1 Å². The first-order chi connectivity index (χ1) is 9.04. The molecule has 0 spiro atoms. The van der Waals surface area contributed by atoms with E-state index in [2.05, 4.69) is 4.74 Å². The number of hydrogen-bond acceptors (Lipinski definition) is 4. The molecular formula is C12H17F3O3SSi. The predicted molar refractivity (Wildman–Crippen MR) is 73.1 cm³/mol. The molecule has 0 aliphatic carbocycles. The van der Waals surface area contributed by atoms with Gasteiger partial charge in [0.1, 0.15) is 0 Å². The fourth-order valence-corrected chi connectivity index (χ4v) is 3.85. The zero-order valence-electron chi connectivity index (χ0n) is 11.7. The number of rotatable bonds is 5. The second kappa shape index (κ2) is 5.86. The third kappa shape index (κ3) is 3.42. The Balaban J connectivity index is 3.45. The third-order valence-corrected chi connectivity index (χ3v) is 4.18. The largest absolute Gasteiger partial charge is 0.463 e. The Morgan fingerprint density at radius 2 is 1.95 bits per heavy atom. The second-order valence-corrected chi connectivity index (χ2v) is 10.5. The highest BCUT2D eigenvalue weighted by Crippen LogP contribution is 2.46. The average molecular weight is 326 g/mol. The Hall–Kier alpha value is -0.863. The van der Waals surface area contributed by atoms with Gasteiger partial charge in [0.25, 0.3) is 5.60 Å². The Kier molecular flexibility index (Phi) is 5.04. The van der Waals surface area contributed by atoms with E-state index < -0.39 is 26.1 Å². The Labute approximate surface area is 120 Å². The number of carbonyl (C=O) groups excluding carboxylic acids is 1. The van der Waals surface area contributed by atoms with Crippen molar-refractivity contribution >= 4 is 25.6 Å². The molecule has 0 saturated heterocycles. The minimum Gasteiger partial charge on any atom is -0.463 e. The number of ether oxygens (including phenoxy) is 1. The van der Waals surface area contributed by atoms with Gasteiger partial charge in [0.2, 0.25) is 0 Å². The average Bonchev–Trinajstić information content (AvgIpc) is 2.76. The fourth-order valence-electron chi connectivity index (χ4n) is 1.68.